The molecule has 130 valence electrons. The number of benzene rings is 1. The normalized spacial score (nSPS) is 10.7. The monoisotopic (exact) mass is 340 g/mol. The van der Waals surface area contributed by atoms with Gasteiger partial charge in [-0.15, -0.1) is 5.10 Å². The van der Waals surface area contributed by atoms with Crippen LogP contribution in [0.2, 0.25) is 0 Å². The maximum Gasteiger partial charge on any atom is 0.358 e. The van der Waals surface area contributed by atoms with Gasteiger partial charge in [0.1, 0.15) is 11.6 Å². The topological polar surface area (TPSA) is 77.8 Å². The Bertz CT molecular complexity index is 887. The van der Waals surface area contributed by atoms with E-state index in [1.807, 2.05) is 37.3 Å². The Morgan fingerprint density at radius 2 is 2.04 bits per heavy atom. The van der Waals surface area contributed by atoms with E-state index in [1.54, 1.807) is 14.0 Å². The van der Waals surface area contributed by atoms with Gasteiger partial charge in [-0.1, -0.05) is 12.1 Å². The molecule has 2 heterocycles. The van der Waals surface area contributed by atoms with Gasteiger partial charge in [-0.25, -0.2) is 14.3 Å². The molecule has 0 saturated heterocycles. The van der Waals surface area contributed by atoms with Gasteiger partial charge in [0.2, 0.25) is 0 Å². The average Bonchev–Trinajstić information content (AvgIpc) is 3.05. The molecule has 0 aliphatic rings. The minimum atomic E-state index is -0.436. The van der Waals surface area contributed by atoms with Crippen LogP contribution in [-0.2, 0) is 11.3 Å². The molecule has 3 aromatic rings. The van der Waals surface area contributed by atoms with E-state index in [9.17, 15) is 4.79 Å². The molecular weight excluding hydrogens is 320 g/mol. The van der Waals surface area contributed by atoms with E-state index in [2.05, 4.69) is 15.4 Å². The summed E-state index contributed by atoms with van der Waals surface area (Å²) >= 11 is 0. The number of nitrogens with one attached hydrogen (secondary N) is 1. The molecule has 25 heavy (non-hydrogen) atoms. The van der Waals surface area contributed by atoms with Crippen LogP contribution >= 0.6 is 0 Å². The predicted octanol–water partition coefficient (Wildman–Crippen LogP) is 2.84. The fraction of sp³-hybridized carbons (Fsp3) is 0.278. The Morgan fingerprint density at radius 1 is 1.28 bits per heavy atom. The summed E-state index contributed by atoms with van der Waals surface area (Å²) in [6.45, 7) is 4.60. The smallest absolute Gasteiger partial charge is 0.358 e. The summed E-state index contributed by atoms with van der Waals surface area (Å²) in [5.74, 6) is 1.04. The molecule has 0 spiro atoms. The summed E-state index contributed by atoms with van der Waals surface area (Å²) in [5.41, 5.74) is 2.96. The Labute approximate surface area is 145 Å². The quantitative estimate of drug-likeness (QED) is 0.695. The van der Waals surface area contributed by atoms with Gasteiger partial charge in [-0.05, 0) is 43.2 Å². The summed E-state index contributed by atoms with van der Waals surface area (Å²) in [7, 11) is 1.64. The van der Waals surface area contributed by atoms with E-state index in [-0.39, 0.29) is 0 Å². The Morgan fingerprint density at radius 3 is 2.72 bits per heavy atom. The first-order valence-corrected chi connectivity index (χ1v) is 8.01. The molecular formula is C18H20N4O3. The molecule has 0 saturated carbocycles. The molecule has 0 atom stereocenters. The van der Waals surface area contributed by atoms with Crippen molar-refractivity contribution in [1.29, 1.82) is 0 Å². The van der Waals surface area contributed by atoms with Crippen molar-refractivity contribution in [2.24, 2.45) is 0 Å². The zero-order valence-corrected chi connectivity index (χ0v) is 14.4. The summed E-state index contributed by atoms with van der Waals surface area (Å²) in [4.78, 5) is 16.3. The number of methoxy groups -OCH3 is 1. The fourth-order valence-corrected chi connectivity index (χ4v) is 2.49. The molecule has 0 amide bonds. The van der Waals surface area contributed by atoms with Crippen LogP contribution in [0.3, 0.4) is 0 Å². The largest absolute Gasteiger partial charge is 0.497 e. The summed E-state index contributed by atoms with van der Waals surface area (Å²) in [6.07, 6.45) is 1.49. The van der Waals surface area contributed by atoms with Gasteiger partial charge in [0.05, 0.1) is 19.9 Å². The highest BCUT2D eigenvalue weighted by atomic mass is 16.5. The van der Waals surface area contributed by atoms with E-state index < -0.39 is 5.97 Å². The van der Waals surface area contributed by atoms with E-state index >= 15 is 0 Å². The van der Waals surface area contributed by atoms with Gasteiger partial charge in [0.25, 0.3) is 0 Å². The number of aryl methyl sites for hydroxylation is 1. The molecule has 1 aromatic carbocycles. The van der Waals surface area contributed by atoms with Crippen LogP contribution in [0.25, 0.3) is 5.65 Å². The number of imidazole rings is 1. The van der Waals surface area contributed by atoms with Gasteiger partial charge in [-0.3, -0.25) is 0 Å². The number of hydrogen-bond donors (Lipinski definition) is 1. The maximum atomic E-state index is 12.0. The van der Waals surface area contributed by atoms with Crippen LogP contribution in [-0.4, -0.2) is 34.3 Å². The Balaban J connectivity index is 1.83. The van der Waals surface area contributed by atoms with E-state index in [1.165, 1.54) is 10.7 Å². The average molecular weight is 340 g/mol. The minimum Gasteiger partial charge on any atom is -0.497 e. The van der Waals surface area contributed by atoms with Crippen molar-refractivity contribution in [3.05, 3.63) is 53.3 Å². The SMILES string of the molecule is CCOC(=O)c1cnc2c(C)cc(NCc3ccc(OC)cc3)nn12. The summed E-state index contributed by atoms with van der Waals surface area (Å²) < 4.78 is 11.7. The van der Waals surface area contributed by atoms with Crippen LogP contribution in [0.4, 0.5) is 5.82 Å². The number of ether oxygens (including phenoxy) is 2. The van der Waals surface area contributed by atoms with Crippen molar-refractivity contribution in [3.8, 4) is 5.75 Å². The number of fused-ring (bicyclic) bond motifs is 1. The number of nitrogens with zero attached hydrogens (tertiary/aromatic N) is 3. The van der Waals surface area contributed by atoms with Crippen LogP contribution in [0, 0.1) is 6.92 Å². The molecule has 0 unspecified atom stereocenters. The lowest BCUT2D eigenvalue weighted by atomic mass is 10.2. The third-order valence-electron chi connectivity index (χ3n) is 3.77. The maximum absolute atomic E-state index is 12.0. The zero-order chi connectivity index (χ0) is 17.8. The number of rotatable bonds is 6. The first kappa shape index (κ1) is 16.8. The van der Waals surface area contributed by atoms with Crippen molar-refractivity contribution in [3.63, 3.8) is 0 Å². The molecule has 0 radical (unpaired) electrons. The first-order chi connectivity index (χ1) is 12.1. The predicted molar refractivity (Wildman–Crippen MR) is 94.0 cm³/mol. The van der Waals surface area contributed by atoms with Crippen molar-refractivity contribution < 1.29 is 14.3 Å². The molecule has 0 bridgehead atoms. The number of hydrogen-bond acceptors (Lipinski definition) is 6. The molecule has 1 N–H and O–H groups in total. The number of anilines is 1. The van der Waals surface area contributed by atoms with Gasteiger partial charge in [-0.2, -0.15) is 0 Å². The second-order valence-electron chi connectivity index (χ2n) is 5.51. The molecule has 7 heteroatoms. The molecule has 7 nitrogen and oxygen atoms in total. The van der Waals surface area contributed by atoms with Crippen LogP contribution < -0.4 is 10.1 Å². The van der Waals surface area contributed by atoms with Crippen molar-refractivity contribution in [2.45, 2.75) is 20.4 Å². The highest BCUT2D eigenvalue weighted by Gasteiger charge is 2.16. The minimum absolute atomic E-state index is 0.306. The van der Waals surface area contributed by atoms with Gasteiger partial charge in [0, 0.05) is 6.54 Å². The van der Waals surface area contributed by atoms with E-state index in [4.69, 9.17) is 9.47 Å². The van der Waals surface area contributed by atoms with Gasteiger partial charge < -0.3 is 14.8 Å². The molecule has 3 rings (SSSR count). The molecule has 0 aliphatic carbocycles. The number of aromatic nitrogens is 3. The Kier molecular flexibility index (Phi) is 4.83. The highest BCUT2D eigenvalue weighted by molar-refractivity contribution is 5.88. The van der Waals surface area contributed by atoms with E-state index in [0.717, 1.165) is 16.9 Å². The second-order valence-corrected chi connectivity index (χ2v) is 5.51. The number of carbonyl (C=O) groups excluding carboxylic acids is 1. The highest BCUT2D eigenvalue weighted by Crippen LogP contribution is 2.17. The van der Waals surface area contributed by atoms with Crippen molar-refractivity contribution in [1.82, 2.24) is 14.6 Å². The summed E-state index contributed by atoms with van der Waals surface area (Å²) in [6, 6.07) is 9.69. The molecule has 2 aromatic heterocycles. The number of esters is 1. The zero-order valence-electron chi connectivity index (χ0n) is 14.4. The molecule has 0 fully saturated rings. The van der Waals surface area contributed by atoms with Gasteiger partial charge in [0.15, 0.2) is 11.3 Å². The van der Waals surface area contributed by atoms with Crippen LogP contribution in [0.1, 0.15) is 28.5 Å². The lowest BCUT2D eigenvalue weighted by Crippen LogP contribution is -2.12. The van der Waals surface area contributed by atoms with Crippen molar-refractivity contribution in [2.75, 3.05) is 19.0 Å². The second kappa shape index (κ2) is 7.21. The standard InChI is InChI=1S/C18H20N4O3/c1-4-25-18(23)15-11-20-17-12(2)9-16(21-22(15)17)19-10-13-5-7-14(24-3)8-6-13/h5-9,11H,4,10H2,1-3H3,(H,19,21). The van der Waals surface area contributed by atoms with Gasteiger partial charge >= 0.3 is 5.97 Å². The lowest BCUT2D eigenvalue weighted by molar-refractivity contribution is 0.0517. The molecule has 0 aliphatic heterocycles. The summed E-state index contributed by atoms with van der Waals surface area (Å²) in [5, 5.41) is 7.73. The fourth-order valence-electron chi connectivity index (χ4n) is 2.49. The van der Waals surface area contributed by atoms with Crippen molar-refractivity contribution >= 4 is 17.4 Å². The third kappa shape index (κ3) is 3.55. The van der Waals surface area contributed by atoms with Crippen LogP contribution in [0.15, 0.2) is 36.5 Å². The number of carbonyl (C=O) groups is 1. The first-order valence-electron chi connectivity index (χ1n) is 8.01. The van der Waals surface area contributed by atoms with Crippen LogP contribution in [0.5, 0.6) is 5.75 Å². The third-order valence-corrected chi connectivity index (χ3v) is 3.77. The lowest BCUT2D eigenvalue weighted by Gasteiger charge is -2.09. The Hall–Kier alpha value is -3.09. The van der Waals surface area contributed by atoms with E-state index in [0.29, 0.717) is 30.3 Å².